The van der Waals surface area contributed by atoms with Crippen molar-refractivity contribution in [1.29, 1.82) is 0 Å². The SMILES string of the molecule is CCc1ccccc1C(=O)Cc1ccccn1. The van der Waals surface area contributed by atoms with Crippen molar-refractivity contribution < 1.29 is 4.79 Å². The van der Waals surface area contributed by atoms with Gasteiger partial charge in [0.2, 0.25) is 0 Å². The maximum atomic E-state index is 12.2. The first-order valence-corrected chi connectivity index (χ1v) is 5.82. The zero-order valence-electron chi connectivity index (χ0n) is 9.89. The van der Waals surface area contributed by atoms with E-state index in [4.69, 9.17) is 0 Å². The highest BCUT2D eigenvalue weighted by Gasteiger charge is 2.10. The molecule has 0 saturated heterocycles. The topological polar surface area (TPSA) is 30.0 Å². The van der Waals surface area contributed by atoms with Crippen LogP contribution in [0.2, 0.25) is 0 Å². The lowest BCUT2D eigenvalue weighted by Crippen LogP contribution is -2.07. The van der Waals surface area contributed by atoms with Crippen LogP contribution < -0.4 is 0 Å². The number of pyridine rings is 1. The lowest BCUT2D eigenvalue weighted by molar-refractivity contribution is 0.0991. The number of hydrogen-bond donors (Lipinski definition) is 0. The molecule has 0 spiro atoms. The molecule has 86 valence electrons. The van der Waals surface area contributed by atoms with Gasteiger partial charge in [-0.15, -0.1) is 0 Å². The van der Waals surface area contributed by atoms with Gasteiger partial charge in [0.1, 0.15) is 0 Å². The fourth-order valence-electron chi connectivity index (χ4n) is 1.86. The van der Waals surface area contributed by atoms with Crippen molar-refractivity contribution in [1.82, 2.24) is 4.98 Å². The molecule has 0 aliphatic heterocycles. The molecule has 0 N–H and O–H groups in total. The normalized spacial score (nSPS) is 10.2. The van der Waals surface area contributed by atoms with E-state index in [0.717, 1.165) is 23.2 Å². The number of Topliss-reactive ketones (excluding diaryl/α,β-unsaturated/α-hetero) is 1. The van der Waals surface area contributed by atoms with Gasteiger partial charge >= 0.3 is 0 Å². The van der Waals surface area contributed by atoms with Crippen molar-refractivity contribution >= 4 is 5.78 Å². The van der Waals surface area contributed by atoms with E-state index in [1.807, 2.05) is 42.5 Å². The molecule has 0 aliphatic rings. The van der Waals surface area contributed by atoms with Crippen LogP contribution in [0.1, 0.15) is 28.5 Å². The maximum absolute atomic E-state index is 12.2. The summed E-state index contributed by atoms with van der Waals surface area (Å²) in [5.41, 5.74) is 2.75. The van der Waals surface area contributed by atoms with E-state index in [1.54, 1.807) is 6.20 Å². The average molecular weight is 225 g/mol. The third-order valence-corrected chi connectivity index (χ3v) is 2.77. The van der Waals surface area contributed by atoms with E-state index in [0.29, 0.717) is 6.42 Å². The van der Waals surface area contributed by atoms with Crippen molar-refractivity contribution in [3.63, 3.8) is 0 Å². The van der Waals surface area contributed by atoms with Gasteiger partial charge in [-0.2, -0.15) is 0 Å². The van der Waals surface area contributed by atoms with E-state index in [2.05, 4.69) is 11.9 Å². The Hall–Kier alpha value is -1.96. The van der Waals surface area contributed by atoms with Crippen molar-refractivity contribution in [2.75, 3.05) is 0 Å². The predicted molar refractivity (Wildman–Crippen MR) is 68.1 cm³/mol. The number of carbonyl (C=O) groups excluding carboxylic acids is 1. The first-order chi connectivity index (χ1) is 8.31. The van der Waals surface area contributed by atoms with E-state index in [1.165, 1.54) is 0 Å². The van der Waals surface area contributed by atoms with E-state index in [-0.39, 0.29) is 5.78 Å². The molecule has 2 rings (SSSR count). The van der Waals surface area contributed by atoms with E-state index >= 15 is 0 Å². The number of ketones is 1. The number of aryl methyl sites for hydroxylation is 1. The number of rotatable bonds is 4. The van der Waals surface area contributed by atoms with Crippen molar-refractivity contribution in [3.8, 4) is 0 Å². The summed E-state index contributed by atoms with van der Waals surface area (Å²) in [6, 6.07) is 13.4. The van der Waals surface area contributed by atoms with E-state index < -0.39 is 0 Å². The number of nitrogens with zero attached hydrogens (tertiary/aromatic N) is 1. The summed E-state index contributed by atoms with van der Waals surface area (Å²) in [4.78, 5) is 16.3. The summed E-state index contributed by atoms with van der Waals surface area (Å²) in [6.07, 6.45) is 2.97. The lowest BCUT2D eigenvalue weighted by atomic mass is 9.99. The molecule has 17 heavy (non-hydrogen) atoms. The molecule has 2 nitrogen and oxygen atoms in total. The fraction of sp³-hybridized carbons (Fsp3) is 0.200. The summed E-state index contributed by atoms with van der Waals surface area (Å²) in [5.74, 6) is 0.140. The molecule has 0 radical (unpaired) electrons. The highest BCUT2D eigenvalue weighted by atomic mass is 16.1. The minimum Gasteiger partial charge on any atom is -0.294 e. The molecule has 0 unspecified atom stereocenters. The second kappa shape index (κ2) is 5.39. The summed E-state index contributed by atoms with van der Waals surface area (Å²) in [5, 5.41) is 0. The number of hydrogen-bond acceptors (Lipinski definition) is 2. The Balaban J connectivity index is 2.20. The maximum Gasteiger partial charge on any atom is 0.169 e. The second-order valence-electron chi connectivity index (χ2n) is 3.93. The van der Waals surface area contributed by atoms with Gasteiger partial charge in [0.25, 0.3) is 0 Å². The zero-order valence-corrected chi connectivity index (χ0v) is 9.89. The highest BCUT2D eigenvalue weighted by molar-refractivity contribution is 5.98. The first kappa shape index (κ1) is 11.5. The first-order valence-electron chi connectivity index (χ1n) is 5.82. The van der Waals surface area contributed by atoms with Gasteiger partial charge in [-0.25, -0.2) is 0 Å². The molecule has 0 saturated carbocycles. The van der Waals surface area contributed by atoms with Gasteiger partial charge in [0.15, 0.2) is 5.78 Å². The van der Waals surface area contributed by atoms with Crippen molar-refractivity contribution in [2.24, 2.45) is 0 Å². The largest absolute Gasteiger partial charge is 0.294 e. The average Bonchev–Trinajstić information content (AvgIpc) is 2.40. The Labute approximate surface area is 101 Å². The summed E-state index contributed by atoms with van der Waals surface area (Å²) < 4.78 is 0. The van der Waals surface area contributed by atoms with Gasteiger partial charge in [-0.1, -0.05) is 37.3 Å². The molecule has 0 fully saturated rings. The molecule has 1 heterocycles. The molecule has 0 bridgehead atoms. The van der Waals surface area contributed by atoms with Crippen molar-refractivity contribution in [2.45, 2.75) is 19.8 Å². The minimum atomic E-state index is 0.140. The smallest absolute Gasteiger partial charge is 0.169 e. The molecule has 1 aromatic carbocycles. The molecular formula is C15H15NO. The summed E-state index contributed by atoms with van der Waals surface area (Å²) >= 11 is 0. The summed E-state index contributed by atoms with van der Waals surface area (Å²) in [7, 11) is 0. The number of benzene rings is 1. The Morgan fingerprint density at radius 2 is 1.88 bits per heavy atom. The highest BCUT2D eigenvalue weighted by Crippen LogP contribution is 2.12. The molecule has 0 amide bonds. The zero-order chi connectivity index (χ0) is 12.1. The molecule has 0 atom stereocenters. The van der Waals surface area contributed by atoms with Crippen LogP contribution in [-0.4, -0.2) is 10.8 Å². The Bertz CT molecular complexity index is 505. The van der Waals surface area contributed by atoms with Crippen molar-refractivity contribution in [3.05, 3.63) is 65.5 Å². The van der Waals surface area contributed by atoms with Crippen LogP contribution in [0.15, 0.2) is 48.7 Å². The van der Waals surface area contributed by atoms with Crippen LogP contribution in [0.3, 0.4) is 0 Å². The number of carbonyl (C=O) groups is 1. The Morgan fingerprint density at radius 3 is 2.59 bits per heavy atom. The summed E-state index contributed by atoms with van der Waals surface area (Å²) in [6.45, 7) is 2.06. The Morgan fingerprint density at radius 1 is 1.12 bits per heavy atom. The Kier molecular flexibility index (Phi) is 3.66. The van der Waals surface area contributed by atoms with E-state index in [9.17, 15) is 4.79 Å². The van der Waals surface area contributed by atoms with Crippen LogP contribution in [0, 0.1) is 0 Å². The number of aromatic nitrogens is 1. The quantitative estimate of drug-likeness (QED) is 0.748. The fourth-order valence-corrected chi connectivity index (χ4v) is 1.86. The lowest BCUT2D eigenvalue weighted by Gasteiger charge is -2.06. The standard InChI is InChI=1S/C15H15NO/c1-2-12-7-3-4-9-14(12)15(17)11-13-8-5-6-10-16-13/h3-10H,2,11H2,1H3. The molecule has 0 aliphatic carbocycles. The second-order valence-corrected chi connectivity index (χ2v) is 3.93. The molecular weight excluding hydrogens is 210 g/mol. The van der Waals surface area contributed by atoms with Crippen LogP contribution in [-0.2, 0) is 12.8 Å². The van der Waals surface area contributed by atoms with Crippen LogP contribution in [0.25, 0.3) is 0 Å². The van der Waals surface area contributed by atoms with Gasteiger partial charge in [-0.3, -0.25) is 9.78 Å². The minimum absolute atomic E-state index is 0.140. The van der Waals surface area contributed by atoms with Crippen LogP contribution in [0.5, 0.6) is 0 Å². The van der Waals surface area contributed by atoms with Gasteiger partial charge in [-0.05, 0) is 24.1 Å². The van der Waals surface area contributed by atoms with Crippen LogP contribution in [0.4, 0.5) is 0 Å². The van der Waals surface area contributed by atoms with Crippen LogP contribution >= 0.6 is 0 Å². The third kappa shape index (κ3) is 2.78. The van der Waals surface area contributed by atoms with Gasteiger partial charge < -0.3 is 0 Å². The van der Waals surface area contributed by atoms with Gasteiger partial charge in [0, 0.05) is 17.5 Å². The predicted octanol–water partition coefficient (Wildman–Crippen LogP) is 3.07. The van der Waals surface area contributed by atoms with Gasteiger partial charge in [0.05, 0.1) is 6.42 Å². The molecule has 2 aromatic rings. The molecule has 1 aromatic heterocycles. The third-order valence-electron chi connectivity index (χ3n) is 2.77. The monoisotopic (exact) mass is 225 g/mol. The molecule has 2 heteroatoms.